The summed E-state index contributed by atoms with van der Waals surface area (Å²) >= 11 is 1.85. The predicted molar refractivity (Wildman–Crippen MR) is 190 cm³/mol. The van der Waals surface area contributed by atoms with E-state index in [0.717, 1.165) is 63.8 Å². The molecule has 1 aliphatic carbocycles. The van der Waals surface area contributed by atoms with Crippen LogP contribution >= 0.6 is 11.3 Å². The lowest BCUT2D eigenvalue weighted by Crippen LogP contribution is -2.41. The molecule has 0 fully saturated rings. The first kappa shape index (κ1) is 37.3. The Hall–Kier alpha value is -2.18. The Morgan fingerprint density at radius 2 is 1.53 bits per heavy atom. The molecule has 6 heteroatoms. The fourth-order valence-corrected chi connectivity index (χ4v) is 7.36. The average molecular weight is 639 g/mol. The van der Waals surface area contributed by atoms with Gasteiger partial charge in [0.05, 0.1) is 0 Å². The van der Waals surface area contributed by atoms with E-state index in [1.165, 1.54) is 86.6 Å². The quantitative estimate of drug-likeness (QED) is 0.0668. The van der Waals surface area contributed by atoms with Gasteiger partial charge >= 0.3 is 5.97 Å². The van der Waals surface area contributed by atoms with Crippen LogP contribution in [-0.4, -0.2) is 42.5 Å². The molecule has 0 spiro atoms. The number of hydrogen-bond donors (Lipinski definition) is 1. The van der Waals surface area contributed by atoms with E-state index < -0.39 is 0 Å². The number of thiophene rings is 1. The lowest BCUT2D eigenvalue weighted by molar-refractivity contribution is -0.134. The van der Waals surface area contributed by atoms with Gasteiger partial charge in [-0.1, -0.05) is 109 Å². The van der Waals surface area contributed by atoms with Crippen molar-refractivity contribution in [3.63, 3.8) is 0 Å². The van der Waals surface area contributed by atoms with Crippen molar-refractivity contribution in [2.75, 3.05) is 19.6 Å². The molecular weight excluding hydrogens is 577 g/mol. The summed E-state index contributed by atoms with van der Waals surface area (Å²) in [5.74, 6) is 0.619. The Kier molecular flexibility index (Phi) is 19.2. The van der Waals surface area contributed by atoms with Gasteiger partial charge in [0.1, 0.15) is 5.75 Å². The van der Waals surface area contributed by atoms with Crippen LogP contribution in [-0.2, 0) is 28.9 Å². The maximum atomic E-state index is 12.7. The fourth-order valence-electron chi connectivity index (χ4n) is 6.66. The monoisotopic (exact) mass is 638 g/mol. The van der Waals surface area contributed by atoms with E-state index in [4.69, 9.17) is 4.74 Å². The number of carbonyl (C=O) groups is 2. The average Bonchev–Trinajstić information content (AvgIpc) is 3.57. The predicted octanol–water partition coefficient (Wildman–Crippen LogP) is 9.84. The van der Waals surface area contributed by atoms with Crippen molar-refractivity contribution in [1.29, 1.82) is 0 Å². The van der Waals surface area contributed by atoms with Crippen LogP contribution in [0.2, 0.25) is 0 Å². The minimum Gasteiger partial charge on any atom is -0.426 e. The minimum absolute atomic E-state index is 0.102. The third-order valence-electron chi connectivity index (χ3n) is 9.28. The highest BCUT2D eigenvalue weighted by molar-refractivity contribution is 7.09. The van der Waals surface area contributed by atoms with Crippen molar-refractivity contribution >= 4 is 23.2 Å². The van der Waals surface area contributed by atoms with E-state index in [-0.39, 0.29) is 11.9 Å². The van der Waals surface area contributed by atoms with Crippen molar-refractivity contribution in [1.82, 2.24) is 10.2 Å². The third kappa shape index (κ3) is 15.3. The van der Waals surface area contributed by atoms with Gasteiger partial charge in [-0.05, 0) is 80.1 Å². The van der Waals surface area contributed by atoms with Gasteiger partial charge in [0.25, 0.3) is 0 Å². The molecule has 1 amide bonds. The van der Waals surface area contributed by atoms with Crippen molar-refractivity contribution in [2.45, 2.75) is 155 Å². The molecular formula is C39H62N2O3S. The first-order valence-electron chi connectivity index (χ1n) is 18.4. The number of nitrogens with zero attached hydrogens (tertiary/aromatic N) is 1. The molecule has 0 radical (unpaired) electrons. The fraction of sp³-hybridized carbons (Fsp3) is 0.692. The zero-order valence-corrected chi connectivity index (χ0v) is 29.4. The van der Waals surface area contributed by atoms with E-state index in [1.807, 2.05) is 23.5 Å². The Bertz CT molecular complexity index is 1070. The molecule has 0 saturated heterocycles. The van der Waals surface area contributed by atoms with Gasteiger partial charge in [0.15, 0.2) is 0 Å². The first-order valence-corrected chi connectivity index (χ1v) is 19.3. The maximum absolute atomic E-state index is 12.7. The Morgan fingerprint density at radius 1 is 0.822 bits per heavy atom. The van der Waals surface area contributed by atoms with E-state index >= 15 is 0 Å². The molecule has 0 saturated carbocycles. The van der Waals surface area contributed by atoms with Crippen LogP contribution < -0.4 is 10.1 Å². The number of fused-ring (bicyclic) bond motifs is 1. The molecule has 5 nitrogen and oxygen atoms in total. The topological polar surface area (TPSA) is 58.6 Å². The summed E-state index contributed by atoms with van der Waals surface area (Å²) in [5.41, 5.74) is 2.51. The highest BCUT2D eigenvalue weighted by atomic mass is 32.1. The van der Waals surface area contributed by atoms with E-state index in [2.05, 4.69) is 47.6 Å². The Labute approximate surface area is 278 Å². The summed E-state index contributed by atoms with van der Waals surface area (Å²) in [5, 5.41) is 5.15. The van der Waals surface area contributed by atoms with Gasteiger partial charge in [-0.25, -0.2) is 0 Å². The standard InChI is InChI=1S/C39H62N2O3S/c1-3-5-6-7-8-9-10-11-12-13-14-15-16-23-38(42)40-28-18-24-39(43)44-37-22-17-20-33-32-34(25-26-36(33)37)41(29-4-2)30-27-35-21-19-31-45-35/h17,19-22,31,34H,3-16,18,23-30,32H2,1-2H3,(H,40,42). The van der Waals surface area contributed by atoms with Gasteiger partial charge in [-0.3, -0.25) is 14.5 Å². The van der Waals surface area contributed by atoms with Crippen LogP contribution in [0.15, 0.2) is 35.7 Å². The van der Waals surface area contributed by atoms with Crippen LogP contribution in [0.1, 0.15) is 145 Å². The largest absolute Gasteiger partial charge is 0.426 e. The molecule has 3 rings (SSSR count). The van der Waals surface area contributed by atoms with Crippen molar-refractivity contribution in [2.24, 2.45) is 0 Å². The number of ether oxygens (including phenoxy) is 1. The van der Waals surface area contributed by atoms with Crippen molar-refractivity contribution < 1.29 is 14.3 Å². The Morgan fingerprint density at radius 3 is 2.20 bits per heavy atom. The number of rotatable bonds is 25. The van der Waals surface area contributed by atoms with Crippen molar-refractivity contribution in [3.8, 4) is 5.75 Å². The number of amides is 1. The summed E-state index contributed by atoms with van der Waals surface area (Å²) in [4.78, 5) is 29.0. The zero-order valence-electron chi connectivity index (χ0n) is 28.6. The number of hydrogen-bond acceptors (Lipinski definition) is 5. The van der Waals surface area contributed by atoms with Gasteiger partial charge in [-0.15, -0.1) is 11.3 Å². The number of carbonyl (C=O) groups excluding carboxylic acids is 2. The van der Waals surface area contributed by atoms with Crippen LogP contribution in [0.5, 0.6) is 5.75 Å². The SMILES string of the molecule is CCCCCCCCCCCCCCCC(=O)NCCCC(=O)Oc1cccc2c1CCC(N(CCC)CCc1cccs1)C2. The van der Waals surface area contributed by atoms with Gasteiger partial charge in [0.2, 0.25) is 5.91 Å². The highest BCUT2D eigenvalue weighted by Crippen LogP contribution is 2.32. The minimum atomic E-state index is -0.208. The second-order valence-electron chi connectivity index (χ2n) is 13.1. The third-order valence-corrected chi connectivity index (χ3v) is 10.2. The molecule has 1 aromatic heterocycles. The number of nitrogens with one attached hydrogen (secondary N) is 1. The van der Waals surface area contributed by atoms with Gasteiger partial charge in [-0.2, -0.15) is 0 Å². The van der Waals surface area contributed by atoms with Crippen LogP contribution in [0.3, 0.4) is 0 Å². The second-order valence-corrected chi connectivity index (χ2v) is 14.1. The molecule has 0 aliphatic heterocycles. The number of unbranched alkanes of at least 4 members (excludes halogenated alkanes) is 12. The van der Waals surface area contributed by atoms with Gasteiger partial charge < -0.3 is 10.1 Å². The first-order chi connectivity index (χ1) is 22.1. The summed E-state index contributed by atoms with van der Waals surface area (Å²) in [6.07, 6.45) is 23.8. The molecule has 252 valence electrons. The van der Waals surface area contributed by atoms with Crippen LogP contribution in [0.4, 0.5) is 0 Å². The number of benzene rings is 1. The number of esters is 1. The summed E-state index contributed by atoms with van der Waals surface area (Å²) in [7, 11) is 0. The molecule has 2 aromatic rings. The van der Waals surface area contributed by atoms with Crippen LogP contribution in [0, 0.1) is 0 Å². The van der Waals surface area contributed by atoms with Crippen LogP contribution in [0.25, 0.3) is 0 Å². The molecule has 1 heterocycles. The molecule has 45 heavy (non-hydrogen) atoms. The van der Waals surface area contributed by atoms with E-state index in [0.29, 0.717) is 31.8 Å². The second kappa shape index (κ2) is 23.2. The van der Waals surface area contributed by atoms with Gasteiger partial charge in [0, 0.05) is 36.9 Å². The normalized spacial score (nSPS) is 14.4. The molecule has 0 bridgehead atoms. The summed E-state index contributed by atoms with van der Waals surface area (Å²) in [6, 6.07) is 11.1. The summed E-state index contributed by atoms with van der Waals surface area (Å²) in [6.45, 7) is 7.28. The highest BCUT2D eigenvalue weighted by Gasteiger charge is 2.26. The Balaban J connectivity index is 1.24. The van der Waals surface area contributed by atoms with E-state index in [9.17, 15) is 9.59 Å². The molecule has 1 aromatic carbocycles. The van der Waals surface area contributed by atoms with E-state index in [1.54, 1.807) is 0 Å². The lowest BCUT2D eigenvalue weighted by atomic mass is 9.86. The maximum Gasteiger partial charge on any atom is 0.311 e. The summed E-state index contributed by atoms with van der Waals surface area (Å²) < 4.78 is 5.85. The van der Waals surface area contributed by atoms with Crippen molar-refractivity contribution in [3.05, 3.63) is 51.7 Å². The lowest BCUT2D eigenvalue weighted by Gasteiger charge is -2.35. The molecule has 1 aliphatic rings. The molecule has 1 atom stereocenters. The zero-order chi connectivity index (χ0) is 32.0. The molecule has 1 N–H and O–H groups in total. The molecule has 1 unspecified atom stereocenters. The smallest absolute Gasteiger partial charge is 0.311 e.